The van der Waals surface area contributed by atoms with Gasteiger partial charge in [-0.05, 0) is 44.8 Å². The van der Waals surface area contributed by atoms with Crippen molar-refractivity contribution < 1.29 is 0 Å². The molecule has 2 aliphatic rings. The summed E-state index contributed by atoms with van der Waals surface area (Å²) in [5, 5.41) is 3.52. The monoisotopic (exact) mass is 237 g/mol. The summed E-state index contributed by atoms with van der Waals surface area (Å²) >= 11 is 1.80. The van der Waals surface area contributed by atoms with E-state index in [2.05, 4.69) is 22.1 Å². The number of hydrogen-bond acceptors (Lipinski definition) is 4. The van der Waals surface area contributed by atoms with Gasteiger partial charge in [-0.2, -0.15) is 0 Å². The first-order chi connectivity index (χ1) is 7.83. The normalized spacial score (nSPS) is 30.6. The smallest absolute Gasteiger partial charge is 0.0798 e. The molecule has 0 aliphatic carbocycles. The van der Waals surface area contributed by atoms with Crippen LogP contribution in [-0.4, -0.2) is 36.1 Å². The first-order valence-corrected chi connectivity index (χ1v) is 7.03. The predicted octanol–water partition coefficient (Wildman–Crippen LogP) is 1.49. The van der Waals surface area contributed by atoms with Crippen molar-refractivity contribution >= 4 is 11.3 Å². The first kappa shape index (κ1) is 10.7. The number of likely N-dealkylation sites (tertiary alicyclic amines) is 1. The van der Waals surface area contributed by atoms with Crippen LogP contribution in [0.2, 0.25) is 0 Å². The van der Waals surface area contributed by atoms with Gasteiger partial charge in [0.2, 0.25) is 0 Å². The van der Waals surface area contributed by atoms with Gasteiger partial charge in [-0.15, -0.1) is 11.3 Å². The third-order valence-corrected chi connectivity index (χ3v) is 4.92. The van der Waals surface area contributed by atoms with Gasteiger partial charge in [0.25, 0.3) is 0 Å². The van der Waals surface area contributed by atoms with Gasteiger partial charge in [0.15, 0.2) is 0 Å². The number of rotatable bonds is 2. The number of piperidine rings is 1. The largest absolute Gasteiger partial charge is 0.316 e. The lowest BCUT2D eigenvalue weighted by molar-refractivity contribution is 0.143. The molecular formula is C12H19N3S. The summed E-state index contributed by atoms with van der Waals surface area (Å²) in [6, 6.07) is 0. The predicted molar refractivity (Wildman–Crippen MR) is 66.6 cm³/mol. The van der Waals surface area contributed by atoms with Crippen molar-refractivity contribution in [1.82, 2.24) is 15.2 Å². The number of nitrogens with one attached hydrogen (secondary N) is 1. The highest BCUT2D eigenvalue weighted by molar-refractivity contribution is 7.09. The van der Waals surface area contributed by atoms with E-state index in [0.29, 0.717) is 0 Å². The van der Waals surface area contributed by atoms with E-state index in [1.807, 2.05) is 5.51 Å². The fourth-order valence-corrected chi connectivity index (χ4v) is 3.75. The minimum absolute atomic E-state index is 0.891. The van der Waals surface area contributed by atoms with Crippen LogP contribution in [0, 0.1) is 18.8 Å². The average molecular weight is 237 g/mol. The molecular weight excluding hydrogens is 218 g/mol. The van der Waals surface area contributed by atoms with Crippen molar-refractivity contribution in [3.63, 3.8) is 0 Å². The van der Waals surface area contributed by atoms with Gasteiger partial charge in [-0.25, -0.2) is 4.98 Å². The van der Waals surface area contributed by atoms with Gasteiger partial charge in [0.05, 0.1) is 11.2 Å². The quantitative estimate of drug-likeness (QED) is 0.845. The third kappa shape index (κ3) is 2.01. The second-order valence-electron chi connectivity index (χ2n) is 5.06. The molecule has 0 saturated carbocycles. The standard InChI is InChI=1S/C12H19N3S/c1-9-12(16-8-14-9)7-15-3-2-10-4-13-5-11(10)6-15/h8,10-11,13H,2-7H2,1H3. The summed E-state index contributed by atoms with van der Waals surface area (Å²) in [4.78, 5) is 8.38. The summed E-state index contributed by atoms with van der Waals surface area (Å²) in [5.41, 5.74) is 3.19. The number of hydrogen-bond donors (Lipinski definition) is 1. The van der Waals surface area contributed by atoms with E-state index in [4.69, 9.17) is 0 Å². The molecule has 0 spiro atoms. The number of fused-ring (bicyclic) bond motifs is 1. The number of aryl methyl sites for hydroxylation is 1. The Morgan fingerprint density at radius 3 is 3.19 bits per heavy atom. The molecule has 2 atom stereocenters. The fourth-order valence-electron chi connectivity index (χ4n) is 2.93. The van der Waals surface area contributed by atoms with Gasteiger partial charge in [-0.3, -0.25) is 4.90 Å². The lowest BCUT2D eigenvalue weighted by Gasteiger charge is -2.34. The zero-order valence-electron chi connectivity index (χ0n) is 9.78. The lowest BCUT2D eigenvalue weighted by Crippen LogP contribution is -2.39. The van der Waals surface area contributed by atoms with Crippen LogP contribution in [0.15, 0.2) is 5.51 Å². The van der Waals surface area contributed by atoms with Crippen molar-refractivity contribution in [1.29, 1.82) is 0 Å². The molecule has 1 N–H and O–H groups in total. The Balaban J connectivity index is 1.62. The molecule has 0 aromatic carbocycles. The molecule has 2 aliphatic heterocycles. The van der Waals surface area contributed by atoms with Crippen molar-refractivity contribution in [3.05, 3.63) is 16.1 Å². The molecule has 4 heteroatoms. The topological polar surface area (TPSA) is 28.2 Å². The molecule has 3 heterocycles. The molecule has 16 heavy (non-hydrogen) atoms. The van der Waals surface area contributed by atoms with Crippen LogP contribution in [0.1, 0.15) is 17.0 Å². The van der Waals surface area contributed by atoms with Crippen molar-refractivity contribution in [2.24, 2.45) is 11.8 Å². The fraction of sp³-hybridized carbons (Fsp3) is 0.750. The average Bonchev–Trinajstić information content (AvgIpc) is 2.88. The summed E-state index contributed by atoms with van der Waals surface area (Å²) in [6.07, 6.45) is 1.37. The van der Waals surface area contributed by atoms with Crippen LogP contribution in [-0.2, 0) is 6.54 Å². The second-order valence-corrected chi connectivity index (χ2v) is 6.00. The zero-order valence-corrected chi connectivity index (χ0v) is 10.6. The van der Waals surface area contributed by atoms with E-state index in [1.165, 1.54) is 43.2 Å². The van der Waals surface area contributed by atoms with E-state index in [1.54, 1.807) is 11.3 Å². The van der Waals surface area contributed by atoms with Crippen LogP contribution >= 0.6 is 11.3 Å². The first-order valence-electron chi connectivity index (χ1n) is 6.15. The SMILES string of the molecule is Cc1ncsc1CN1CCC2CNCC2C1. The summed E-state index contributed by atoms with van der Waals surface area (Å²) in [7, 11) is 0. The third-order valence-electron chi connectivity index (χ3n) is 4.00. The Morgan fingerprint density at radius 1 is 1.50 bits per heavy atom. The highest BCUT2D eigenvalue weighted by Crippen LogP contribution is 2.28. The molecule has 2 unspecified atom stereocenters. The Hall–Kier alpha value is -0.450. The van der Waals surface area contributed by atoms with Gasteiger partial charge >= 0.3 is 0 Å². The van der Waals surface area contributed by atoms with Crippen LogP contribution < -0.4 is 5.32 Å². The van der Waals surface area contributed by atoms with Gasteiger partial charge in [0, 0.05) is 18.0 Å². The molecule has 2 fully saturated rings. The van der Waals surface area contributed by atoms with E-state index >= 15 is 0 Å². The highest BCUT2D eigenvalue weighted by Gasteiger charge is 2.32. The molecule has 0 radical (unpaired) electrons. The van der Waals surface area contributed by atoms with Crippen LogP contribution in [0.5, 0.6) is 0 Å². The minimum Gasteiger partial charge on any atom is -0.316 e. The van der Waals surface area contributed by atoms with Gasteiger partial charge in [-0.1, -0.05) is 0 Å². The minimum atomic E-state index is 0.891. The molecule has 0 amide bonds. The van der Waals surface area contributed by atoms with E-state index in [9.17, 15) is 0 Å². The maximum absolute atomic E-state index is 4.33. The van der Waals surface area contributed by atoms with Crippen molar-refractivity contribution in [3.8, 4) is 0 Å². The van der Waals surface area contributed by atoms with Crippen molar-refractivity contribution in [2.75, 3.05) is 26.2 Å². The number of thiazole rings is 1. The molecule has 2 saturated heterocycles. The van der Waals surface area contributed by atoms with Gasteiger partial charge < -0.3 is 5.32 Å². The lowest BCUT2D eigenvalue weighted by atomic mass is 9.89. The molecule has 1 aromatic rings. The summed E-state index contributed by atoms with van der Waals surface area (Å²) in [6.45, 7) is 8.24. The Labute approximate surface area is 101 Å². The molecule has 3 rings (SSSR count). The molecule has 88 valence electrons. The van der Waals surface area contributed by atoms with E-state index in [-0.39, 0.29) is 0 Å². The molecule has 1 aromatic heterocycles. The zero-order chi connectivity index (χ0) is 11.0. The maximum Gasteiger partial charge on any atom is 0.0798 e. The highest BCUT2D eigenvalue weighted by atomic mass is 32.1. The molecule has 0 bridgehead atoms. The van der Waals surface area contributed by atoms with Gasteiger partial charge in [0.1, 0.15) is 0 Å². The van der Waals surface area contributed by atoms with Crippen LogP contribution in [0.4, 0.5) is 0 Å². The van der Waals surface area contributed by atoms with Crippen LogP contribution in [0.25, 0.3) is 0 Å². The number of aromatic nitrogens is 1. The number of nitrogens with zero attached hydrogens (tertiary/aromatic N) is 2. The van der Waals surface area contributed by atoms with Crippen LogP contribution in [0.3, 0.4) is 0 Å². The summed E-state index contributed by atoms with van der Waals surface area (Å²) < 4.78 is 0. The van der Waals surface area contributed by atoms with E-state index in [0.717, 1.165) is 18.4 Å². The van der Waals surface area contributed by atoms with E-state index < -0.39 is 0 Å². The Bertz CT molecular complexity index is 363. The Kier molecular flexibility index (Phi) is 2.96. The molecule has 3 nitrogen and oxygen atoms in total. The summed E-state index contributed by atoms with van der Waals surface area (Å²) in [5.74, 6) is 1.83. The second kappa shape index (κ2) is 4.43. The van der Waals surface area contributed by atoms with Crippen molar-refractivity contribution in [2.45, 2.75) is 19.9 Å². The maximum atomic E-state index is 4.33. The Morgan fingerprint density at radius 2 is 2.38 bits per heavy atom.